The minimum atomic E-state index is -0.142. The average Bonchev–Trinajstić information content (AvgIpc) is 3.61. The van der Waals surface area contributed by atoms with Crippen molar-refractivity contribution in [3.8, 4) is 11.5 Å². The van der Waals surface area contributed by atoms with E-state index in [0.29, 0.717) is 33.8 Å². The second-order valence-electron chi connectivity index (χ2n) is 9.24. The Morgan fingerprint density at radius 3 is 2.89 bits per heavy atom. The maximum Gasteiger partial charge on any atom is 0.255 e. The molecule has 6 rings (SSSR count). The fourth-order valence-corrected chi connectivity index (χ4v) is 6.13. The largest absolute Gasteiger partial charge is 0.454 e. The fraction of sp³-hybridized carbons (Fsp3) is 0.250. The van der Waals surface area contributed by atoms with Crippen LogP contribution in [0.2, 0.25) is 5.02 Å². The number of aromatic nitrogens is 1. The molecule has 2 aliphatic heterocycles. The summed E-state index contributed by atoms with van der Waals surface area (Å²) in [5.74, 6) is 1.37. The van der Waals surface area contributed by atoms with Crippen molar-refractivity contribution in [3.05, 3.63) is 87.4 Å². The quantitative estimate of drug-likeness (QED) is 0.468. The predicted octanol–water partition coefficient (Wildman–Crippen LogP) is 5.50. The Labute approximate surface area is 223 Å². The third-order valence-electron chi connectivity index (χ3n) is 6.85. The van der Waals surface area contributed by atoms with Gasteiger partial charge in [0, 0.05) is 17.3 Å². The first kappa shape index (κ1) is 23.8. The average molecular weight is 534 g/mol. The molecule has 0 saturated carbocycles. The normalized spacial score (nSPS) is 19.5. The van der Waals surface area contributed by atoms with E-state index in [1.165, 1.54) is 11.3 Å². The molecule has 2 atom stereocenters. The molecule has 9 heteroatoms. The standard InChI is InChI=1S/C28H24ClN3O4S/c1-16-26(31-28(37-16)30-25(33)13-17-6-9-23-24(12-17)36-15-35-23)19-7-8-22-18(14-19)10-11-32(22)27(34)20-4-2-3-5-21(20)29/h2-9,12,14,18,22H,10-11,13,15H2,1H3,(H,30,31,33). The number of nitrogens with zero attached hydrogens (tertiary/aromatic N) is 2. The van der Waals surface area contributed by atoms with Crippen molar-refractivity contribution in [1.82, 2.24) is 9.88 Å². The predicted molar refractivity (Wildman–Crippen MR) is 143 cm³/mol. The Hall–Kier alpha value is -3.62. The molecule has 1 aliphatic carbocycles. The van der Waals surface area contributed by atoms with E-state index in [2.05, 4.69) is 17.5 Å². The molecule has 3 heterocycles. The molecule has 188 valence electrons. The van der Waals surface area contributed by atoms with E-state index >= 15 is 0 Å². The Kier molecular flexibility index (Phi) is 6.22. The number of rotatable bonds is 5. The van der Waals surface area contributed by atoms with E-state index < -0.39 is 0 Å². The smallest absolute Gasteiger partial charge is 0.255 e. The van der Waals surface area contributed by atoms with E-state index in [9.17, 15) is 9.59 Å². The third-order valence-corrected chi connectivity index (χ3v) is 8.07. The summed E-state index contributed by atoms with van der Waals surface area (Å²) in [6.45, 7) is 2.88. The highest BCUT2D eigenvalue weighted by molar-refractivity contribution is 7.15. The van der Waals surface area contributed by atoms with Crippen LogP contribution in [0.5, 0.6) is 11.5 Å². The van der Waals surface area contributed by atoms with Gasteiger partial charge in [0.05, 0.1) is 28.7 Å². The molecule has 2 unspecified atom stereocenters. The second-order valence-corrected chi connectivity index (χ2v) is 10.8. The molecule has 0 spiro atoms. The lowest BCUT2D eigenvalue weighted by molar-refractivity contribution is -0.115. The summed E-state index contributed by atoms with van der Waals surface area (Å²) in [5, 5.41) is 3.97. The van der Waals surface area contributed by atoms with Crippen molar-refractivity contribution in [2.75, 3.05) is 18.7 Å². The first-order valence-electron chi connectivity index (χ1n) is 12.1. The molecule has 1 aromatic heterocycles. The molecule has 3 aliphatic rings. The van der Waals surface area contributed by atoms with Crippen LogP contribution >= 0.6 is 22.9 Å². The Morgan fingerprint density at radius 1 is 1.19 bits per heavy atom. The zero-order chi connectivity index (χ0) is 25.5. The van der Waals surface area contributed by atoms with E-state index in [1.54, 1.807) is 12.1 Å². The van der Waals surface area contributed by atoms with Crippen molar-refractivity contribution < 1.29 is 19.1 Å². The molecule has 7 nitrogen and oxygen atoms in total. The van der Waals surface area contributed by atoms with Gasteiger partial charge in [0.25, 0.3) is 5.91 Å². The number of likely N-dealkylation sites (tertiary alicyclic amines) is 1. The first-order valence-corrected chi connectivity index (χ1v) is 13.3. The van der Waals surface area contributed by atoms with Crippen LogP contribution in [0.15, 0.2) is 60.7 Å². The summed E-state index contributed by atoms with van der Waals surface area (Å²) < 4.78 is 10.7. The van der Waals surface area contributed by atoms with Gasteiger partial charge in [-0.3, -0.25) is 9.59 Å². The molecule has 37 heavy (non-hydrogen) atoms. The third kappa shape index (κ3) is 4.63. The number of thiazole rings is 1. The highest BCUT2D eigenvalue weighted by Crippen LogP contribution is 2.38. The van der Waals surface area contributed by atoms with Gasteiger partial charge in [-0.25, -0.2) is 4.98 Å². The van der Waals surface area contributed by atoms with Crippen molar-refractivity contribution in [1.29, 1.82) is 0 Å². The minimum Gasteiger partial charge on any atom is -0.454 e. The van der Waals surface area contributed by atoms with Crippen LogP contribution in [0.1, 0.15) is 32.9 Å². The molecular weight excluding hydrogens is 510 g/mol. The SMILES string of the molecule is Cc1sc(NC(=O)Cc2ccc3c(c2)OCO3)nc1C1=CC2CCN(C(=O)c3ccccc3Cl)C2C=C1. The van der Waals surface area contributed by atoms with Crippen molar-refractivity contribution in [2.24, 2.45) is 5.92 Å². The highest BCUT2D eigenvalue weighted by Gasteiger charge is 2.37. The maximum absolute atomic E-state index is 13.1. The molecule has 1 N–H and O–H groups in total. The number of hydrogen-bond acceptors (Lipinski definition) is 6. The number of carbonyl (C=O) groups excluding carboxylic acids is 2. The van der Waals surface area contributed by atoms with Gasteiger partial charge in [-0.05, 0) is 48.7 Å². The molecule has 3 aromatic rings. The van der Waals surface area contributed by atoms with E-state index in [0.717, 1.165) is 28.1 Å². The van der Waals surface area contributed by atoms with Crippen molar-refractivity contribution in [2.45, 2.75) is 25.8 Å². The van der Waals surface area contributed by atoms with E-state index in [1.807, 2.05) is 48.2 Å². The molecule has 2 amide bonds. The molecule has 1 saturated heterocycles. The first-order chi connectivity index (χ1) is 18.0. The number of fused-ring (bicyclic) bond motifs is 2. The van der Waals surface area contributed by atoms with Gasteiger partial charge < -0.3 is 19.7 Å². The van der Waals surface area contributed by atoms with Crippen LogP contribution in [0.25, 0.3) is 5.57 Å². The molecule has 1 fully saturated rings. The lowest BCUT2D eigenvalue weighted by Gasteiger charge is -2.27. The van der Waals surface area contributed by atoms with Gasteiger partial charge in [0.2, 0.25) is 12.7 Å². The van der Waals surface area contributed by atoms with Crippen molar-refractivity contribution >= 4 is 45.5 Å². The van der Waals surface area contributed by atoms with Gasteiger partial charge in [-0.2, -0.15) is 0 Å². The van der Waals surface area contributed by atoms with Gasteiger partial charge in [0.15, 0.2) is 16.6 Å². The number of ether oxygens (including phenoxy) is 2. The highest BCUT2D eigenvalue weighted by atomic mass is 35.5. The zero-order valence-electron chi connectivity index (χ0n) is 20.1. The summed E-state index contributed by atoms with van der Waals surface area (Å²) in [7, 11) is 0. The van der Waals surface area contributed by atoms with Crippen molar-refractivity contribution in [3.63, 3.8) is 0 Å². The number of amides is 2. The van der Waals surface area contributed by atoms with Crippen LogP contribution in [0.3, 0.4) is 0 Å². The topological polar surface area (TPSA) is 80.8 Å². The van der Waals surface area contributed by atoms with Gasteiger partial charge in [-0.15, -0.1) is 11.3 Å². The summed E-state index contributed by atoms with van der Waals surface area (Å²) in [6, 6.07) is 12.7. The Bertz CT molecular complexity index is 1460. The minimum absolute atomic E-state index is 0.00709. The monoisotopic (exact) mass is 533 g/mol. The maximum atomic E-state index is 13.1. The number of halogens is 1. The lowest BCUT2D eigenvalue weighted by atomic mass is 9.90. The lowest BCUT2D eigenvalue weighted by Crippen LogP contribution is -2.37. The summed E-state index contributed by atoms with van der Waals surface area (Å²) in [6.07, 6.45) is 7.39. The fourth-order valence-electron chi connectivity index (χ4n) is 5.06. The van der Waals surface area contributed by atoms with E-state index in [-0.39, 0.29) is 37.0 Å². The van der Waals surface area contributed by atoms with Crippen LogP contribution in [-0.4, -0.2) is 41.1 Å². The Balaban J connectivity index is 1.13. The summed E-state index contributed by atoms with van der Waals surface area (Å²) in [5.41, 5.74) is 3.24. The van der Waals surface area contributed by atoms with Crippen LogP contribution in [0.4, 0.5) is 5.13 Å². The zero-order valence-corrected chi connectivity index (χ0v) is 21.6. The Morgan fingerprint density at radius 2 is 2.03 bits per heavy atom. The molecular formula is C28H24ClN3O4S. The molecule has 0 bridgehead atoms. The van der Waals surface area contributed by atoms with Crippen LogP contribution in [-0.2, 0) is 11.2 Å². The van der Waals surface area contributed by atoms with E-state index in [4.69, 9.17) is 26.1 Å². The number of benzene rings is 2. The van der Waals surface area contributed by atoms with Crippen LogP contribution in [0, 0.1) is 12.8 Å². The number of hydrogen-bond donors (Lipinski definition) is 1. The van der Waals surface area contributed by atoms with Crippen LogP contribution < -0.4 is 14.8 Å². The summed E-state index contributed by atoms with van der Waals surface area (Å²) in [4.78, 5) is 33.5. The van der Waals surface area contributed by atoms with Gasteiger partial charge >= 0.3 is 0 Å². The van der Waals surface area contributed by atoms with Gasteiger partial charge in [-0.1, -0.05) is 48.0 Å². The number of nitrogens with one attached hydrogen (secondary N) is 1. The number of allylic oxidation sites excluding steroid dienone is 2. The molecule has 0 radical (unpaired) electrons. The number of anilines is 1. The summed E-state index contributed by atoms with van der Waals surface area (Å²) >= 11 is 7.73. The van der Waals surface area contributed by atoms with Gasteiger partial charge in [0.1, 0.15) is 0 Å². The number of aryl methyl sites for hydroxylation is 1. The molecule has 2 aromatic carbocycles. The number of carbonyl (C=O) groups is 2. The second kappa shape index (κ2) is 9.68.